The molecule has 0 bridgehead atoms. The number of rotatable bonds is 14. The number of benzene rings is 1. The minimum absolute atomic E-state index is 0.00413. The Morgan fingerprint density at radius 1 is 0.805 bits per heavy atom. The molecule has 3 aromatic heterocycles. The van der Waals surface area contributed by atoms with Gasteiger partial charge >= 0.3 is 5.97 Å². The van der Waals surface area contributed by atoms with Gasteiger partial charge in [-0.15, -0.1) is 0 Å². The summed E-state index contributed by atoms with van der Waals surface area (Å²) in [6, 6.07) is 2.59. The van der Waals surface area contributed by atoms with Crippen molar-refractivity contribution in [3.05, 3.63) is 72.5 Å². The van der Waals surface area contributed by atoms with Crippen molar-refractivity contribution in [3.8, 4) is 0 Å². The van der Waals surface area contributed by atoms with Crippen LogP contribution in [-0.2, 0) is 38.4 Å². The third-order valence-electron chi connectivity index (χ3n) is 6.47. The van der Waals surface area contributed by atoms with Crippen LogP contribution in [0, 0.1) is 0 Å². The van der Waals surface area contributed by atoms with Crippen LogP contribution in [0.5, 0.6) is 0 Å². The zero-order valence-corrected chi connectivity index (χ0v) is 21.8. The number of carbonyl (C=O) groups excluding carboxylic acids is 3. The Morgan fingerprint density at radius 2 is 1.37 bits per heavy atom. The number of aliphatic hydroxyl groups excluding tert-OH is 1. The number of hydrogen-bond acceptors (Lipinski definition) is 8. The molecule has 0 aliphatic carbocycles. The summed E-state index contributed by atoms with van der Waals surface area (Å²) in [6.07, 6.45) is 7.66. The molecule has 0 fully saturated rings. The maximum Gasteiger partial charge on any atom is 0.328 e. The van der Waals surface area contributed by atoms with Crippen LogP contribution >= 0.6 is 0 Å². The highest BCUT2D eigenvalue weighted by atomic mass is 16.4. The highest BCUT2D eigenvalue weighted by molar-refractivity contribution is 5.94. The molecule has 3 heterocycles. The summed E-state index contributed by atoms with van der Waals surface area (Å²) >= 11 is 0. The summed E-state index contributed by atoms with van der Waals surface area (Å²) < 4.78 is 0. The summed E-state index contributed by atoms with van der Waals surface area (Å²) in [7, 11) is 0. The number of nitrogens with one attached hydrogen (secondary N) is 6. The molecule has 15 heteroatoms. The first-order valence-corrected chi connectivity index (χ1v) is 12.7. The minimum atomic E-state index is -1.58. The van der Waals surface area contributed by atoms with E-state index in [1.54, 1.807) is 6.20 Å². The first-order chi connectivity index (χ1) is 19.7. The number of carbonyl (C=O) groups is 4. The van der Waals surface area contributed by atoms with Crippen molar-refractivity contribution in [3.63, 3.8) is 0 Å². The van der Waals surface area contributed by atoms with Gasteiger partial charge in [0.1, 0.15) is 18.1 Å². The van der Waals surface area contributed by atoms with Gasteiger partial charge in [0.2, 0.25) is 17.7 Å². The van der Waals surface area contributed by atoms with E-state index in [1.807, 2.05) is 24.3 Å². The molecule has 0 spiro atoms. The molecule has 4 aromatic rings. The smallest absolute Gasteiger partial charge is 0.328 e. The number of nitrogens with zero attached hydrogens (tertiary/aromatic N) is 2. The number of H-pyrrole nitrogens is 3. The van der Waals surface area contributed by atoms with Crippen LogP contribution in [0.2, 0.25) is 0 Å². The van der Waals surface area contributed by atoms with Crippen LogP contribution in [0.1, 0.15) is 17.0 Å². The Balaban J connectivity index is 1.49. The number of aromatic nitrogens is 5. The SMILES string of the molecule is NC(Cc1c[nH]c2ccccc12)C(=O)NC(Cc1cnc[nH]1)C(=O)NC(Cc1cnc[nH]1)C(=O)NC(CO)C(=O)O. The lowest BCUT2D eigenvalue weighted by Gasteiger charge is -2.24. The molecular weight excluding hydrogens is 534 g/mol. The fourth-order valence-corrected chi connectivity index (χ4v) is 4.29. The van der Waals surface area contributed by atoms with E-state index in [0.717, 1.165) is 16.5 Å². The summed E-state index contributed by atoms with van der Waals surface area (Å²) in [5.41, 5.74) is 8.99. The van der Waals surface area contributed by atoms with Gasteiger partial charge < -0.3 is 46.8 Å². The van der Waals surface area contributed by atoms with Crippen molar-refractivity contribution in [1.82, 2.24) is 40.9 Å². The molecule has 216 valence electrons. The fourth-order valence-electron chi connectivity index (χ4n) is 4.29. The number of imidazole rings is 2. The van der Waals surface area contributed by atoms with E-state index in [9.17, 15) is 29.4 Å². The van der Waals surface area contributed by atoms with Gasteiger partial charge in [0.15, 0.2) is 0 Å². The Bertz CT molecular complexity index is 1470. The van der Waals surface area contributed by atoms with Crippen molar-refractivity contribution in [2.45, 2.75) is 43.4 Å². The molecule has 0 saturated heterocycles. The molecule has 10 N–H and O–H groups in total. The van der Waals surface area contributed by atoms with Crippen LogP contribution < -0.4 is 21.7 Å². The number of para-hydroxylation sites is 1. The van der Waals surface area contributed by atoms with Crippen molar-refractivity contribution in [2.75, 3.05) is 6.61 Å². The van der Waals surface area contributed by atoms with Gasteiger partial charge in [-0.25, -0.2) is 14.8 Å². The molecular formula is C26H31N9O6. The van der Waals surface area contributed by atoms with Gasteiger partial charge in [-0.05, 0) is 18.1 Å². The molecule has 0 aliphatic rings. The van der Waals surface area contributed by atoms with E-state index < -0.39 is 54.5 Å². The molecule has 4 atom stereocenters. The van der Waals surface area contributed by atoms with Crippen LogP contribution in [0.25, 0.3) is 10.9 Å². The Kier molecular flexibility index (Phi) is 9.44. The van der Waals surface area contributed by atoms with Gasteiger partial charge in [-0.2, -0.15) is 0 Å². The second-order valence-corrected chi connectivity index (χ2v) is 9.44. The van der Waals surface area contributed by atoms with Crippen LogP contribution in [0.4, 0.5) is 0 Å². The molecule has 0 radical (unpaired) electrons. The summed E-state index contributed by atoms with van der Waals surface area (Å²) in [6.45, 7) is -0.849. The zero-order chi connectivity index (χ0) is 29.4. The third-order valence-corrected chi connectivity index (χ3v) is 6.47. The molecule has 0 aliphatic heterocycles. The Labute approximate surface area is 233 Å². The number of aliphatic carboxylic acids is 1. The number of carboxylic acid groups (broad SMARTS) is 1. The highest BCUT2D eigenvalue weighted by Crippen LogP contribution is 2.19. The van der Waals surface area contributed by atoms with Crippen LogP contribution in [0.3, 0.4) is 0 Å². The Morgan fingerprint density at radius 3 is 1.90 bits per heavy atom. The first kappa shape index (κ1) is 29.0. The van der Waals surface area contributed by atoms with Crippen molar-refractivity contribution in [2.24, 2.45) is 5.73 Å². The van der Waals surface area contributed by atoms with Gasteiger partial charge in [-0.1, -0.05) is 18.2 Å². The van der Waals surface area contributed by atoms with Crippen LogP contribution in [0.15, 0.2) is 55.5 Å². The molecule has 1 aromatic carbocycles. The van der Waals surface area contributed by atoms with Gasteiger partial charge in [0, 0.05) is 53.7 Å². The average molecular weight is 566 g/mol. The van der Waals surface area contributed by atoms with E-state index in [2.05, 4.69) is 40.9 Å². The van der Waals surface area contributed by atoms with E-state index >= 15 is 0 Å². The largest absolute Gasteiger partial charge is 0.480 e. The maximum absolute atomic E-state index is 13.5. The number of aliphatic hydroxyl groups is 1. The lowest BCUT2D eigenvalue weighted by molar-refractivity contribution is -0.143. The highest BCUT2D eigenvalue weighted by Gasteiger charge is 2.31. The zero-order valence-electron chi connectivity index (χ0n) is 21.8. The molecule has 15 nitrogen and oxygen atoms in total. The molecule has 41 heavy (non-hydrogen) atoms. The van der Waals surface area contributed by atoms with E-state index in [4.69, 9.17) is 5.73 Å². The van der Waals surface area contributed by atoms with E-state index in [0.29, 0.717) is 11.4 Å². The quantitative estimate of drug-likeness (QED) is 0.0862. The lowest BCUT2D eigenvalue weighted by Crippen LogP contribution is -2.58. The molecule has 3 amide bonds. The second-order valence-electron chi connectivity index (χ2n) is 9.44. The van der Waals surface area contributed by atoms with Crippen molar-refractivity contribution < 1.29 is 29.4 Å². The molecule has 4 unspecified atom stereocenters. The predicted molar refractivity (Wildman–Crippen MR) is 145 cm³/mol. The standard InChI is InChI=1S/C26H31N9O6/c27-18(5-14-8-30-19-4-2-1-3-17(14)19)23(37)33-20(6-15-9-28-12-31-15)24(38)34-21(7-16-10-29-13-32-16)25(39)35-22(11-36)26(40)41/h1-4,8-10,12-13,18,20-22,30,36H,5-7,11,27H2,(H,28,31)(H,29,32)(H,33,37)(H,34,38)(H,35,39)(H,40,41). The summed E-state index contributed by atoms with van der Waals surface area (Å²) in [4.78, 5) is 67.6. The number of hydrogen-bond donors (Lipinski definition) is 9. The Hall–Kier alpha value is -5.02. The van der Waals surface area contributed by atoms with Gasteiger partial charge in [0.25, 0.3) is 0 Å². The number of carboxylic acids is 1. The normalized spacial score (nSPS) is 14.1. The fraction of sp³-hybridized carbons (Fsp3) is 0.308. The third kappa shape index (κ3) is 7.55. The maximum atomic E-state index is 13.5. The van der Waals surface area contributed by atoms with E-state index in [1.165, 1.54) is 25.0 Å². The summed E-state index contributed by atoms with van der Waals surface area (Å²) in [5, 5.41) is 26.9. The summed E-state index contributed by atoms with van der Waals surface area (Å²) in [5.74, 6) is -3.60. The molecule has 4 rings (SSSR count). The average Bonchev–Trinajstić information content (AvgIpc) is 3.74. The molecule has 0 saturated carbocycles. The number of aromatic amines is 3. The lowest BCUT2D eigenvalue weighted by atomic mass is 10.0. The number of nitrogens with two attached hydrogens (primary N) is 1. The monoisotopic (exact) mass is 565 g/mol. The topological polar surface area (TPSA) is 244 Å². The van der Waals surface area contributed by atoms with Gasteiger partial charge in [-0.3, -0.25) is 14.4 Å². The second kappa shape index (κ2) is 13.4. The predicted octanol–water partition coefficient (Wildman–Crippen LogP) is -1.50. The van der Waals surface area contributed by atoms with Gasteiger partial charge in [0.05, 0.1) is 25.3 Å². The number of amides is 3. The van der Waals surface area contributed by atoms with Crippen LogP contribution in [-0.4, -0.2) is 89.6 Å². The van der Waals surface area contributed by atoms with E-state index in [-0.39, 0.29) is 19.3 Å². The number of fused-ring (bicyclic) bond motifs is 1. The minimum Gasteiger partial charge on any atom is -0.480 e. The van der Waals surface area contributed by atoms with Crippen molar-refractivity contribution >= 4 is 34.6 Å². The first-order valence-electron chi connectivity index (χ1n) is 12.7. The van der Waals surface area contributed by atoms with Crippen molar-refractivity contribution in [1.29, 1.82) is 0 Å².